The molecule has 0 heterocycles. The molecule has 0 spiro atoms. The number of nitriles is 1. The average molecular weight is 341 g/mol. The van der Waals surface area contributed by atoms with E-state index < -0.39 is 5.82 Å². The van der Waals surface area contributed by atoms with Crippen LogP contribution in [0.25, 0.3) is 12.2 Å². The van der Waals surface area contributed by atoms with E-state index in [4.69, 9.17) is 5.26 Å². The molecule has 0 unspecified atom stereocenters. The van der Waals surface area contributed by atoms with E-state index in [1.165, 1.54) is 23.3 Å². The molecule has 1 nitrogen and oxygen atoms in total. The van der Waals surface area contributed by atoms with E-state index in [9.17, 15) is 4.39 Å². The minimum atomic E-state index is -0.486. The van der Waals surface area contributed by atoms with Crippen molar-refractivity contribution in [2.24, 2.45) is 0 Å². The summed E-state index contributed by atoms with van der Waals surface area (Å²) >= 11 is 0. The first-order valence-electron chi connectivity index (χ1n) is 8.67. The predicted molar refractivity (Wildman–Crippen MR) is 105 cm³/mol. The molecule has 0 bridgehead atoms. The molecule has 1 atom stereocenters. The predicted octanol–water partition coefficient (Wildman–Crippen LogP) is 6.21. The number of benzene rings is 3. The molecular formula is C24H20FN. The summed E-state index contributed by atoms with van der Waals surface area (Å²) in [4.78, 5) is 0. The highest BCUT2D eigenvalue weighted by molar-refractivity contribution is 5.70. The van der Waals surface area contributed by atoms with Crippen LogP contribution in [0.15, 0.2) is 72.8 Å². The third-order valence-electron chi connectivity index (χ3n) is 4.47. The van der Waals surface area contributed by atoms with E-state index in [2.05, 4.69) is 55.5 Å². The zero-order chi connectivity index (χ0) is 18.4. The second kappa shape index (κ2) is 8.27. The quantitative estimate of drug-likeness (QED) is 0.506. The molecule has 128 valence electrons. The lowest BCUT2D eigenvalue weighted by Gasteiger charge is -2.12. The lowest BCUT2D eigenvalue weighted by molar-refractivity contribution is 0.623. The summed E-state index contributed by atoms with van der Waals surface area (Å²) < 4.78 is 13.6. The molecule has 0 amide bonds. The second-order valence-corrected chi connectivity index (χ2v) is 6.44. The molecule has 0 aliphatic carbocycles. The smallest absolute Gasteiger partial charge is 0.141 e. The number of hydrogen-bond donors (Lipinski definition) is 0. The van der Waals surface area contributed by atoms with Gasteiger partial charge in [0.25, 0.3) is 0 Å². The molecule has 3 rings (SSSR count). The highest BCUT2D eigenvalue weighted by atomic mass is 19.1. The zero-order valence-electron chi connectivity index (χ0n) is 14.7. The Labute approximate surface area is 154 Å². The van der Waals surface area contributed by atoms with Gasteiger partial charge >= 0.3 is 0 Å². The molecule has 0 aromatic heterocycles. The van der Waals surface area contributed by atoms with Gasteiger partial charge in [0.1, 0.15) is 11.9 Å². The molecule has 0 aliphatic heterocycles. The van der Waals surface area contributed by atoms with E-state index in [1.54, 1.807) is 6.07 Å². The van der Waals surface area contributed by atoms with Crippen LogP contribution in [0.2, 0.25) is 0 Å². The highest BCUT2D eigenvalue weighted by Crippen LogP contribution is 2.21. The minimum Gasteiger partial charge on any atom is -0.206 e. The van der Waals surface area contributed by atoms with Gasteiger partial charge in [-0.3, -0.25) is 0 Å². The first-order chi connectivity index (χ1) is 12.7. The fourth-order valence-electron chi connectivity index (χ4n) is 2.94. The van der Waals surface area contributed by atoms with E-state index in [-0.39, 0.29) is 5.56 Å². The standard InChI is InChI=1S/C24H20FN/c1-18(22-5-3-2-4-6-22)15-20-10-7-19(8-11-20)9-12-21-13-14-23(17-26)24(25)16-21/h2-14,16,18H,15H2,1H3/t18-/m1/s1. The van der Waals surface area contributed by atoms with E-state index in [1.807, 2.05) is 24.3 Å². The van der Waals surface area contributed by atoms with Gasteiger partial charge in [-0.05, 0) is 46.7 Å². The minimum absolute atomic E-state index is 0.0686. The van der Waals surface area contributed by atoms with Gasteiger partial charge in [-0.25, -0.2) is 4.39 Å². The number of rotatable bonds is 5. The number of hydrogen-bond acceptors (Lipinski definition) is 1. The second-order valence-electron chi connectivity index (χ2n) is 6.44. The van der Waals surface area contributed by atoms with Crippen molar-refractivity contribution >= 4 is 12.2 Å². The number of nitrogens with zero attached hydrogens (tertiary/aromatic N) is 1. The summed E-state index contributed by atoms with van der Waals surface area (Å²) in [6.07, 6.45) is 4.80. The van der Waals surface area contributed by atoms with E-state index in [0.29, 0.717) is 5.92 Å². The SMILES string of the molecule is C[C@H](Cc1ccc(C=Cc2ccc(C#N)c(F)c2)cc1)c1ccccc1. The van der Waals surface area contributed by atoms with Crippen LogP contribution in [-0.4, -0.2) is 0 Å². The summed E-state index contributed by atoms with van der Waals surface area (Å²) in [5.74, 6) is -0.0147. The molecule has 0 radical (unpaired) electrons. The van der Waals surface area contributed by atoms with Crippen LogP contribution in [0.5, 0.6) is 0 Å². The zero-order valence-corrected chi connectivity index (χ0v) is 14.7. The summed E-state index contributed by atoms with van der Waals surface area (Å²) in [5, 5.41) is 8.77. The van der Waals surface area contributed by atoms with Crippen molar-refractivity contribution in [2.75, 3.05) is 0 Å². The average Bonchev–Trinajstić information content (AvgIpc) is 2.68. The molecule has 0 aliphatic rings. The lowest BCUT2D eigenvalue weighted by atomic mass is 9.93. The third kappa shape index (κ3) is 4.46. The van der Waals surface area contributed by atoms with Crippen molar-refractivity contribution in [3.05, 3.63) is 106 Å². The topological polar surface area (TPSA) is 23.8 Å². The van der Waals surface area contributed by atoms with Crippen molar-refractivity contribution in [1.82, 2.24) is 0 Å². The number of halogens is 1. The molecule has 3 aromatic rings. The first-order valence-corrected chi connectivity index (χ1v) is 8.67. The van der Waals surface area contributed by atoms with Crippen LogP contribution in [0, 0.1) is 17.1 Å². The molecular weight excluding hydrogens is 321 g/mol. The maximum Gasteiger partial charge on any atom is 0.141 e. The Kier molecular flexibility index (Phi) is 5.61. The van der Waals surface area contributed by atoms with Gasteiger partial charge in [0, 0.05) is 0 Å². The van der Waals surface area contributed by atoms with Gasteiger partial charge in [0.2, 0.25) is 0 Å². The van der Waals surface area contributed by atoms with Gasteiger partial charge in [0.15, 0.2) is 0 Å². The van der Waals surface area contributed by atoms with Gasteiger partial charge in [-0.1, -0.05) is 79.7 Å². The summed E-state index contributed by atoms with van der Waals surface area (Å²) in [6, 6.07) is 25.4. The van der Waals surface area contributed by atoms with Crippen LogP contribution < -0.4 is 0 Å². The van der Waals surface area contributed by atoms with Crippen LogP contribution >= 0.6 is 0 Å². The molecule has 0 N–H and O–H groups in total. The Hall–Kier alpha value is -3.18. The van der Waals surface area contributed by atoms with Crippen molar-refractivity contribution in [3.8, 4) is 6.07 Å². The van der Waals surface area contributed by atoms with Gasteiger partial charge in [-0.15, -0.1) is 0 Å². The normalized spacial score (nSPS) is 12.0. The Morgan fingerprint density at radius 3 is 2.23 bits per heavy atom. The summed E-state index contributed by atoms with van der Waals surface area (Å²) in [5.41, 5.74) is 4.51. The van der Waals surface area contributed by atoms with Gasteiger partial charge in [-0.2, -0.15) is 5.26 Å². The Morgan fingerprint density at radius 1 is 0.923 bits per heavy atom. The maximum atomic E-state index is 13.6. The Balaban J connectivity index is 1.66. The monoisotopic (exact) mass is 341 g/mol. The molecule has 26 heavy (non-hydrogen) atoms. The van der Waals surface area contributed by atoms with E-state index in [0.717, 1.165) is 17.5 Å². The van der Waals surface area contributed by atoms with Crippen molar-refractivity contribution < 1.29 is 4.39 Å². The Morgan fingerprint density at radius 2 is 1.58 bits per heavy atom. The fraction of sp³-hybridized carbons (Fsp3) is 0.125. The molecule has 2 heteroatoms. The van der Waals surface area contributed by atoms with Crippen molar-refractivity contribution in [3.63, 3.8) is 0 Å². The van der Waals surface area contributed by atoms with Crippen molar-refractivity contribution in [2.45, 2.75) is 19.3 Å². The lowest BCUT2D eigenvalue weighted by Crippen LogP contribution is -1.98. The van der Waals surface area contributed by atoms with Gasteiger partial charge in [0.05, 0.1) is 5.56 Å². The molecule has 0 saturated heterocycles. The van der Waals surface area contributed by atoms with Gasteiger partial charge < -0.3 is 0 Å². The van der Waals surface area contributed by atoms with Crippen LogP contribution in [0.3, 0.4) is 0 Å². The molecule has 0 fully saturated rings. The highest BCUT2D eigenvalue weighted by Gasteiger charge is 2.06. The van der Waals surface area contributed by atoms with Crippen molar-refractivity contribution in [1.29, 1.82) is 5.26 Å². The largest absolute Gasteiger partial charge is 0.206 e. The molecule has 0 saturated carbocycles. The first kappa shape index (κ1) is 17.6. The summed E-state index contributed by atoms with van der Waals surface area (Å²) in [6.45, 7) is 2.24. The van der Waals surface area contributed by atoms with Crippen LogP contribution in [0.4, 0.5) is 4.39 Å². The summed E-state index contributed by atoms with van der Waals surface area (Å²) in [7, 11) is 0. The third-order valence-corrected chi connectivity index (χ3v) is 4.47. The fourth-order valence-corrected chi connectivity index (χ4v) is 2.94. The van der Waals surface area contributed by atoms with E-state index >= 15 is 0 Å². The van der Waals surface area contributed by atoms with Crippen LogP contribution in [-0.2, 0) is 6.42 Å². The maximum absolute atomic E-state index is 13.6. The molecule has 3 aromatic carbocycles. The Bertz CT molecular complexity index is 934. The van der Waals surface area contributed by atoms with Crippen LogP contribution in [0.1, 0.15) is 40.7 Å².